The summed E-state index contributed by atoms with van der Waals surface area (Å²) >= 11 is 0. The van der Waals surface area contributed by atoms with Gasteiger partial charge in [-0.1, -0.05) is 6.07 Å². The predicted octanol–water partition coefficient (Wildman–Crippen LogP) is 0.712. The van der Waals surface area contributed by atoms with Gasteiger partial charge in [-0.2, -0.15) is 0 Å². The lowest BCUT2D eigenvalue weighted by atomic mass is 10.3. The second kappa shape index (κ2) is 5.07. The number of nitrogens with one attached hydrogen (secondary N) is 1. The molecule has 0 bridgehead atoms. The molecule has 86 valence electrons. The zero-order valence-electron chi connectivity index (χ0n) is 9.57. The van der Waals surface area contributed by atoms with E-state index in [4.69, 9.17) is 0 Å². The first-order valence-corrected chi connectivity index (χ1v) is 5.67. The number of aryl methyl sites for hydroxylation is 1. The number of carbonyl (C=O) groups excluding carboxylic acids is 1. The number of hydrogen-bond donors (Lipinski definition) is 1. The number of pyridine rings is 1. The lowest BCUT2D eigenvalue weighted by Gasteiger charge is -2.19. The van der Waals surface area contributed by atoms with Crippen LogP contribution in [-0.4, -0.2) is 35.4 Å². The van der Waals surface area contributed by atoms with Gasteiger partial charge in [0.25, 0.3) is 0 Å². The van der Waals surface area contributed by atoms with Crippen molar-refractivity contribution in [3.05, 3.63) is 29.6 Å². The smallest absolute Gasteiger partial charge is 0.236 e. The molecule has 0 spiro atoms. The molecule has 0 atom stereocenters. The van der Waals surface area contributed by atoms with Crippen LogP contribution in [0.4, 0.5) is 0 Å². The van der Waals surface area contributed by atoms with Crippen molar-refractivity contribution < 1.29 is 4.79 Å². The van der Waals surface area contributed by atoms with E-state index in [1.54, 1.807) is 0 Å². The van der Waals surface area contributed by atoms with Crippen molar-refractivity contribution in [1.29, 1.82) is 0 Å². The Morgan fingerprint density at radius 1 is 1.50 bits per heavy atom. The highest BCUT2D eigenvalue weighted by Gasteiger charge is 2.16. The van der Waals surface area contributed by atoms with Crippen molar-refractivity contribution >= 4 is 5.91 Å². The van der Waals surface area contributed by atoms with Crippen LogP contribution in [0.25, 0.3) is 0 Å². The van der Waals surface area contributed by atoms with Gasteiger partial charge >= 0.3 is 0 Å². The number of aromatic nitrogens is 1. The predicted molar refractivity (Wildman–Crippen MR) is 61.9 cm³/mol. The molecule has 1 N–H and O–H groups in total. The lowest BCUT2D eigenvalue weighted by Crippen LogP contribution is -2.34. The van der Waals surface area contributed by atoms with Crippen LogP contribution in [-0.2, 0) is 11.3 Å². The largest absolute Gasteiger partial charge is 0.336 e. The van der Waals surface area contributed by atoms with Crippen LogP contribution in [0.5, 0.6) is 0 Å². The van der Waals surface area contributed by atoms with Gasteiger partial charge < -0.3 is 10.2 Å². The van der Waals surface area contributed by atoms with E-state index in [0.717, 1.165) is 30.9 Å². The van der Waals surface area contributed by atoms with E-state index >= 15 is 0 Å². The molecule has 2 heterocycles. The second-order valence-electron chi connectivity index (χ2n) is 4.12. The first-order valence-electron chi connectivity index (χ1n) is 5.67. The van der Waals surface area contributed by atoms with Crippen LogP contribution in [0, 0.1) is 6.92 Å². The van der Waals surface area contributed by atoms with Crippen molar-refractivity contribution in [2.45, 2.75) is 19.9 Å². The Morgan fingerprint density at radius 2 is 2.38 bits per heavy atom. The van der Waals surface area contributed by atoms with Crippen molar-refractivity contribution in [2.24, 2.45) is 0 Å². The molecule has 1 fully saturated rings. The third-order valence-corrected chi connectivity index (χ3v) is 2.71. The minimum atomic E-state index is 0.167. The number of carbonyl (C=O) groups is 1. The summed E-state index contributed by atoms with van der Waals surface area (Å²) in [4.78, 5) is 18.0. The molecule has 1 aliphatic rings. The highest BCUT2D eigenvalue weighted by Crippen LogP contribution is 2.05. The maximum Gasteiger partial charge on any atom is 0.236 e. The van der Waals surface area contributed by atoms with Gasteiger partial charge in [-0.05, 0) is 32.0 Å². The van der Waals surface area contributed by atoms with Gasteiger partial charge in [0.05, 0.1) is 18.8 Å². The molecule has 0 aliphatic carbocycles. The Kier molecular flexibility index (Phi) is 3.51. The molecule has 0 saturated carbocycles. The number of hydrogen-bond acceptors (Lipinski definition) is 3. The van der Waals surface area contributed by atoms with Crippen LogP contribution >= 0.6 is 0 Å². The molecule has 1 saturated heterocycles. The fourth-order valence-electron chi connectivity index (χ4n) is 1.88. The van der Waals surface area contributed by atoms with E-state index in [1.165, 1.54) is 0 Å². The molecule has 4 nitrogen and oxygen atoms in total. The van der Waals surface area contributed by atoms with E-state index in [9.17, 15) is 4.79 Å². The Balaban J connectivity index is 2.05. The van der Waals surface area contributed by atoms with Crippen molar-refractivity contribution in [3.63, 3.8) is 0 Å². The van der Waals surface area contributed by atoms with Crippen LogP contribution in [0.3, 0.4) is 0 Å². The fraction of sp³-hybridized carbons (Fsp3) is 0.500. The zero-order chi connectivity index (χ0) is 11.4. The Morgan fingerprint density at radius 3 is 3.19 bits per heavy atom. The van der Waals surface area contributed by atoms with Crippen molar-refractivity contribution in [1.82, 2.24) is 15.2 Å². The van der Waals surface area contributed by atoms with E-state index in [2.05, 4.69) is 10.3 Å². The summed E-state index contributed by atoms with van der Waals surface area (Å²) in [6.45, 7) is 4.79. The Hall–Kier alpha value is -1.42. The summed E-state index contributed by atoms with van der Waals surface area (Å²) in [5.41, 5.74) is 1.97. The molecule has 0 unspecified atom stereocenters. The summed E-state index contributed by atoms with van der Waals surface area (Å²) in [5, 5.41) is 3.11. The van der Waals surface area contributed by atoms with Crippen LogP contribution in [0.2, 0.25) is 0 Å². The first-order chi connectivity index (χ1) is 7.75. The average Bonchev–Trinajstić information content (AvgIpc) is 2.45. The Labute approximate surface area is 95.7 Å². The van der Waals surface area contributed by atoms with Crippen LogP contribution < -0.4 is 5.32 Å². The van der Waals surface area contributed by atoms with Gasteiger partial charge in [-0.15, -0.1) is 0 Å². The minimum absolute atomic E-state index is 0.167. The number of amides is 1. The Bertz CT molecular complexity index is 378. The number of nitrogens with zero attached hydrogens (tertiary/aromatic N) is 2. The van der Waals surface area contributed by atoms with Gasteiger partial charge in [0.2, 0.25) is 5.91 Å². The van der Waals surface area contributed by atoms with E-state index in [1.807, 2.05) is 30.0 Å². The van der Waals surface area contributed by atoms with Gasteiger partial charge in [-0.3, -0.25) is 9.78 Å². The van der Waals surface area contributed by atoms with Gasteiger partial charge in [0, 0.05) is 12.2 Å². The van der Waals surface area contributed by atoms with Gasteiger partial charge in [0.1, 0.15) is 0 Å². The van der Waals surface area contributed by atoms with Crippen LogP contribution in [0.1, 0.15) is 17.8 Å². The molecule has 1 aromatic heterocycles. The summed E-state index contributed by atoms with van der Waals surface area (Å²) in [6.07, 6.45) is 1.01. The number of rotatable bonds is 2. The summed E-state index contributed by atoms with van der Waals surface area (Å²) in [5.74, 6) is 0.167. The molecule has 2 rings (SSSR count). The SMILES string of the molecule is Cc1cccc(CN2CCCNCC2=O)n1. The molecule has 4 heteroatoms. The minimum Gasteiger partial charge on any atom is -0.336 e. The van der Waals surface area contributed by atoms with E-state index in [0.29, 0.717) is 13.1 Å². The van der Waals surface area contributed by atoms with Crippen LogP contribution in [0.15, 0.2) is 18.2 Å². The third-order valence-electron chi connectivity index (χ3n) is 2.71. The molecule has 0 radical (unpaired) electrons. The maximum absolute atomic E-state index is 11.7. The first kappa shape index (κ1) is 11.1. The third kappa shape index (κ3) is 2.79. The molecule has 1 amide bonds. The highest BCUT2D eigenvalue weighted by atomic mass is 16.2. The molecule has 0 aromatic carbocycles. The van der Waals surface area contributed by atoms with E-state index < -0.39 is 0 Å². The van der Waals surface area contributed by atoms with Crippen molar-refractivity contribution in [3.8, 4) is 0 Å². The topological polar surface area (TPSA) is 45.2 Å². The summed E-state index contributed by atoms with van der Waals surface area (Å²) in [6, 6.07) is 5.92. The molecule has 16 heavy (non-hydrogen) atoms. The average molecular weight is 219 g/mol. The lowest BCUT2D eigenvalue weighted by molar-refractivity contribution is -0.130. The van der Waals surface area contributed by atoms with Gasteiger partial charge in [0.15, 0.2) is 0 Å². The van der Waals surface area contributed by atoms with Crippen molar-refractivity contribution in [2.75, 3.05) is 19.6 Å². The quantitative estimate of drug-likeness (QED) is 0.797. The molecule has 1 aromatic rings. The maximum atomic E-state index is 11.7. The van der Waals surface area contributed by atoms with E-state index in [-0.39, 0.29) is 5.91 Å². The van der Waals surface area contributed by atoms with Gasteiger partial charge in [-0.25, -0.2) is 0 Å². The standard InChI is InChI=1S/C12H17N3O/c1-10-4-2-5-11(14-10)9-15-7-3-6-13-8-12(15)16/h2,4-5,13H,3,6-9H2,1H3. The molecule has 1 aliphatic heterocycles. The zero-order valence-corrected chi connectivity index (χ0v) is 9.57. The highest BCUT2D eigenvalue weighted by molar-refractivity contribution is 5.78. The summed E-state index contributed by atoms with van der Waals surface area (Å²) in [7, 11) is 0. The monoisotopic (exact) mass is 219 g/mol. The fourth-order valence-corrected chi connectivity index (χ4v) is 1.88. The summed E-state index contributed by atoms with van der Waals surface area (Å²) < 4.78 is 0. The molecular weight excluding hydrogens is 202 g/mol. The normalized spacial score (nSPS) is 17.3. The molecular formula is C12H17N3O. The second-order valence-corrected chi connectivity index (χ2v) is 4.12.